The number of H-pyrrole nitrogens is 1. The lowest BCUT2D eigenvalue weighted by molar-refractivity contribution is 1.10. The number of aromatic nitrogens is 3. The topological polar surface area (TPSA) is 53.6 Å². The van der Waals surface area contributed by atoms with Crippen molar-refractivity contribution in [3.63, 3.8) is 0 Å². The van der Waals surface area contributed by atoms with Crippen molar-refractivity contribution in [1.29, 1.82) is 0 Å². The average Bonchev–Trinajstić information content (AvgIpc) is 2.96. The third-order valence-corrected chi connectivity index (χ3v) is 3.55. The van der Waals surface area contributed by atoms with Crippen molar-refractivity contribution in [2.24, 2.45) is 0 Å². The average molecular weight is 274 g/mol. The molecule has 0 saturated carbocycles. The van der Waals surface area contributed by atoms with E-state index in [1.807, 2.05) is 36.5 Å². The van der Waals surface area contributed by atoms with Crippen molar-refractivity contribution in [1.82, 2.24) is 15.0 Å². The Labute approximate surface area is 121 Å². The van der Waals surface area contributed by atoms with E-state index in [-0.39, 0.29) is 0 Å². The molecule has 2 N–H and O–H groups in total. The molecule has 0 saturated heterocycles. The van der Waals surface area contributed by atoms with Crippen LogP contribution in [0, 0.1) is 0 Å². The number of fused-ring (bicyclic) bond motifs is 2. The predicted octanol–water partition coefficient (Wildman–Crippen LogP) is 3.72. The summed E-state index contributed by atoms with van der Waals surface area (Å²) in [4.78, 5) is 12.3. The number of imidazole rings is 1. The number of para-hydroxylation sites is 3. The van der Waals surface area contributed by atoms with Crippen LogP contribution in [-0.4, -0.2) is 15.0 Å². The lowest BCUT2D eigenvalue weighted by atomic mass is 10.1. The molecule has 0 aliphatic rings. The number of aromatic amines is 1. The normalized spacial score (nSPS) is 11.0. The van der Waals surface area contributed by atoms with E-state index in [1.165, 1.54) is 0 Å². The van der Waals surface area contributed by atoms with Crippen LogP contribution in [0.25, 0.3) is 21.9 Å². The zero-order chi connectivity index (χ0) is 14.1. The van der Waals surface area contributed by atoms with Gasteiger partial charge in [0, 0.05) is 18.1 Å². The number of rotatable bonds is 3. The van der Waals surface area contributed by atoms with Gasteiger partial charge in [-0.2, -0.15) is 0 Å². The molecule has 0 bridgehead atoms. The fourth-order valence-electron chi connectivity index (χ4n) is 2.53. The van der Waals surface area contributed by atoms with E-state index in [9.17, 15) is 0 Å². The molecule has 2 aromatic carbocycles. The molecular weight excluding hydrogens is 260 g/mol. The highest BCUT2D eigenvalue weighted by Crippen LogP contribution is 2.18. The molecule has 0 atom stereocenters. The number of nitrogens with one attached hydrogen (secondary N) is 2. The van der Waals surface area contributed by atoms with Gasteiger partial charge in [0.15, 0.2) is 0 Å². The third kappa shape index (κ3) is 2.21. The molecule has 4 aromatic rings. The van der Waals surface area contributed by atoms with Crippen LogP contribution in [0.5, 0.6) is 0 Å². The Morgan fingerprint density at radius 1 is 0.952 bits per heavy atom. The van der Waals surface area contributed by atoms with Crippen molar-refractivity contribution >= 4 is 27.9 Å². The number of nitrogens with zero attached hydrogens (tertiary/aromatic N) is 2. The molecule has 0 amide bonds. The van der Waals surface area contributed by atoms with Gasteiger partial charge in [0.2, 0.25) is 5.95 Å². The summed E-state index contributed by atoms with van der Waals surface area (Å²) >= 11 is 0. The standard InChI is InChI=1S/C17H14N4/c1-2-9-15-14(8-1)20-17(21-15)19-11-13-6-3-5-12-7-4-10-18-16(12)13/h1-10H,11H2,(H2,19,20,21). The van der Waals surface area contributed by atoms with E-state index in [4.69, 9.17) is 0 Å². The fraction of sp³-hybridized carbons (Fsp3) is 0.0588. The minimum absolute atomic E-state index is 0.689. The fourth-order valence-corrected chi connectivity index (χ4v) is 2.53. The highest BCUT2D eigenvalue weighted by molar-refractivity contribution is 5.82. The van der Waals surface area contributed by atoms with Crippen LogP contribution in [-0.2, 0) is 6.54 Å². The van der Waals surface area contributed by atoms with Gasteiger partial charge in [-0.3, -0.25) is 4.98 Å². The molecule has 4 heteroatoms. The highest BCUT2D eigenvalue weighted by Gasteiger charge is 2.04. The SMILES string of the molecule is c1cnc2c(CNc3nc4ccccc4[nH]3)cccc2c1. The van der Waals surface area contributed by atoms with E-state index < -0.39 is 0 Å². The van der Waals surface area contributed by atoms with Crippen molar-refractivity contribution < 1.29 is 0 Å². The van der Waals surface area contributed by atoms with Gasteiger partial charge < -0.3 is 10.3 Å². The van der Waals surface area contributed by atoms with Crippen LogP contribution in [0.3, 0.4) is 0 Å². The second-order valence-corrected chi connectivity index (χ2v) is 4.95. The molecule has 0 radical (unpaired) electrons. The Morgan fingerprint density at radius 2 is 1.86 bits per heavy atom. The first-order valence-corrected chi connectivity index (χ1v) is 6.91. The van der Waals surface area contributed by atoms with E-state index >= 15 is 0 Å². The Bertz CT molecular complexity index is 872. The molecule has 0 aliphatic carbocycles. The Hall–Kier alpha value is -2.88. The van der Waals surface area contributed by atoms with E-state index in [1.54, 1.807) is 0 Å². The van der Waals surface area contributed by atoms with Crippen LogP contribution in [0.4, 0.5) is 5.95 Å². The second kappa shape index (κ2) is 4.90. The summed E-state index contributed by atoms with van der Waals surface area (Å²) in [5, 5.41) is 4.49. The first kappa shape index (κ1) is 11.9. The maximum atomic E-state index is 4.52. The van der Waals surface area contributed by atoms with Crippen molar-refractivity contribution in [2.45, 2.75) is 6.54 Å². The molecule has 2 aromatic heterocycles. The lowest BCUT2D eigenvalue weighted by Crippen LogP contribution is -2.02. The molecule has 21 heavy (non-hydrogen) atoms. The molecule has 0 spiro atoms. The van der Waals surface area contributed by atoms with Gasteiger partial charge in [-0.1, -0.05) is 36.4 Å². The van der Waals surface area contributed by atoms with Gasteiger partial charge >= 0.3 is 0 Å². The third-order valence-electron chi connectivity index (χ3n) is 3.55. The smallest absolute Gasteiger partial charge is 0.201 e. The first-order valence-electron chi connectivity index (χ1n) is 6.91. The van der Waals surface area contributed by atoms with Gasteiger partial charge in [0.05, 0.1) is 16.6 Å². The Balaban J connectivity index is 1.63. The molecule has 0 fully saturated rings. The summed E-state index contributed by atoms with van der Waals surface area (Å²) < 4.78 is 0. The van der Waals surface area contributed by atoms with E-state index in [0.717, 1.165) is 33.4 Å². The molecule has 102 valence electrons. The van der Waals surface area contributed by atoms with Crippen molar-refractivity contribution in [3.8, 4) is 0 Å². The zero-order valence-electron chi connectivity index (χ0n) is 11.4. The molecule has 0 aliphatic heterocycles. The summed E-state index contributed by atoms with van der Waals surface area (Å²) in [7, 11) is 0. The highest BCUT2D eigenvalue weighted by atomic mass is 15.1. The second-order valence-electron chi connectivity index (χ2n) is 4.95. The van der Waals surface area contributed by atoms with Crippen LogP contribution in [0.2, 0.25) is 0 Å². The number of pyridine rings is 1. The Morgan fingerprint density at radius 3 is 2.81 bits per heavy atom. The number of benzene rings is 2. The largest absolute Gasteiger partial charge is 0.352 e. The van der Waals surface area contributed by atoms with E-state index in [2.05, 4.69) is 44.5 Å². The molecule has 2 heterocycles. The van der Waals surface area contributed by atoms with Gasteiger partial charge in [-0.25, -0.2) is 4.98 Å². The van der Waals surface area contributed by atoms with Crippen molar-refractivity contribution in [2.75, 3.05) is 5.32 Å². The maximum absolute atomic E-state index is 4.52. The number of hydrogen-bond donors (Lipinski definition) is 2. The summed E-state index contributed by atoms with van der Waals surface area (Å²) in [6, 6.07) is 18.3. The van der Waals surface area contributed by atoms with Gasteiger partial charge in [0.1, 0.15) is 0 Å². The minimum atomic E-state index is 0.689. The molecular formula is C17H14N4. The van der Waals surface area contributed by atoms with E-state index in [0.29, 0.717) is 6.54 Å². The van der Waals surface area contributed by atoms with Crippen LogP contribution in [0.1, 0.15) is 5.56 Å². The minimum Gasteiger partial charge on any atom is -0.352 e. The van der Waals surface area contributed by atoms with Gasteiger partial charge in [0.25, 0.3) is 0 Å². The van der Waals surface area contributed by atoms with Gasteiger partial charge in [-0.15, -0.1) is 0 Å². The van der Waals surface area contributed by atoms with Crippen LogP contribution in [0.15, 0.2) is 60.8 Å². The predicted molar refractivity (Wildman–Crippen MR) is 85.2 cm³/mol. The van der Waals surface area contributed by atoms with Crippen LogP contribution >= 0.6 is 0 Å². The first-order chi connectivity index (χ1) is 10.4. The molecule has 4 rings (SSSR count). The summed E-state index contributed by atoms with van der Waals surface area (Å²) in [5.74, 6) is 0.782. The Kier molecular flexibility index (Phi) is 2.78. The summed E-state index contributed by atoms with van der Waals surface area (Å²) in [6.45, 7) is 0.689. The van der Waals surface area contributed by atoms with Crippen molar-refractivity contribution in [3.05, 3.63) is 66.4 Å². The summed E-state index contributed by atoms with van der Waals surface area (Å²) in [6.07, 6.45) is 1.83. The van der Waals surface area contributed by atoms with Crippen LogP contribution < -0.4 is 5.32 Å². The monoisotopic (exact) mass is 274 g/mol. The molecule has 4 nitrogen and oxygen atoms in total. The maximum Gasteiger partial charge on any atom is 0.201 e. The zero-order valence-corrected chi connectivity index (χ0v) is 11.4. The lowest BCUT2D eigenvalue weighted by Gasteiger charge is -2.06. The number of hydrogen-bond acceptors (Lipinski definition) is 3. The number of anilines is 1. The van der Waals surface area contributed by atoms with Gasteiger partial charge in [-0.05, 0) is 23.8 Å². The quantitative estimate of drug-likeness (QED) is 0.598. The molecule has 0 unspecified atom stereocenters. The summed E-state index contributed by atoms with van der Waals surface area (Å²) in [5.41, 5.74) is 4.20.